The molecular formula is C21H27N3O3. The molecule has 6 heteroatoms. The van der Waals surface area contributed by atoms with Crippen molar-refractivity contribution in [1.29, 1.82) is 0 Å². The van der Waals surface area contributed by atoms with Crippen molar-refractivity contribution in [3.05, 3.63) is 65.2 Å². The van der Waals surface area contributed by atoms with Gasteiger partial charge in [0.1, 0.15) is 5.75 Å². The Bertz CT molecular complexity index is 772. The van der Waals surface area contributed by atoms with E-state index in [1.165, 1.54) is 5.56 Å². The molecule has 0 bridgehead atoms. The minimum Gasteiger partial charge on any atom is -0.493 e. The minimum absolute atomic E-state index is 0.143. The van der Waals surface area contributed by atoms with E-state index in [0.717, 1.165) is 5.56 Å². The number of amides is 2. The van der Waals surface area contributed by atoms with Crippen molar-refractivity contribution in [1.82, 2.24) is 5.32 Å². The van der Waals surface area contributed by atoms with Gasteiger partial charge in [-0.15, -0.1) is 0 Å². The van der Waals surface area contributed by atoms with E-state index in [0.29, 0.717) is 23.8 Å². The number of ether oxygens (including phenoxy) is 1. The average Bonchev–Trinajstić information content (AvgIpc) is 2.66. The molecular weight excluding hydrogens is 342 g/mol. The van der Waals surface area contributed by atoms with Gasteiger partial charge in [0, 0.05) is 18.2 Å². The summed E-state index contributed by atoms with van der Waals surface area (Å²) in [6.45, 7) is 4.84. The summed E-state index contributed by atoms with van der Waals surface area (Å²) in [5.74, 6) is 0.309. The number of nitrogens with two attached hydrogens (primary N) is 2. The lowest BCUT2D eigenvalue weighted by Gasteiger charge is -2.15. The van der Waals surface area contributed by atoms with E-state index in [-0.39, 0.29) is 25.0 Å². The highest BCUT2D eigenvalue weighted by molar-refractivity contribution is 5.93. The van der Waals surface area contributed by atoms with Crippen molar-refractivity contribution in [2.45, 2.75) is 32.2 Å². The molecule has 144 valence electrons. The molecule has 0 spiro atoms. The molecule has 2 rings (SSSR count). The number of rotatable bonds is 9. The lowest BCUT2D eigenvalue weighted by Crippen LogP contribution is -2.32. The van der Waals surface area contributed by atoms with Crippen molar-refractivity contribution in [2.24, 2.45) is 11.5 Å². The fraction of sp³-hybridized carbons (Fsp3) is 0.333. The predicted octanol–water partition coefficient (Wildman–Crippen LogP) is 2.49. The minimum atomic E-state index is -0.520. The molecule has 1 unspecified atom stereocenters. The first kappa shape index (κ1) is 20.5. The van der Waals surface area contributed by atoms with Gasteiger partial charge >= 0.3 is 0 Å². The molecule has 1 atom stereocenters. The average molecular weight is 369 g/mol. The van der Waals surface area contributed by atoms with Crippen LogP contribution in [0.3, 0.4) is 0 Å². The highest BCUT2D eigenvalue weighted by Gasteiger charge is 2.09. The van der Waals surface area contributed by atoms with Gasteiger partial charge in [0.25, 0.3) is 0 Å². The molecule has 0 fully saturated rings. The molecule has 0 aliphatic carbocycles. The maximum atomic E-state index is 12.0. The Labute approximate surface area is 159 Å². The molecule has 2 aromatic carbocycles. The number of carbonyl (C=O) groups excluding carboxylic acids is 2. The quantitative estimate of drug-likeness (QED) is 0.631. The third kappa shape index (κ3) is 6.42. The molecule has 2 amide bonds. The molecule has 0 aliphatic rings. The maximum absolute atomic E-state index is 12.0. The van der Waals surface area contributed by atoms with Crippen LogP contribution in [0.25, 0.3) is 0 Å². The summed E-state index contributed by atoms with van der Waals surface area (Å²) in [6, 6.07) is 14.4. The van der Waals surface area contributed by atoms with E-state index in [4.69, 9.17) is 16.2 Å². The normalized spacial score (nSPS) is 11.9. The molecule has 0 aromatic heterocycles. The smallest absolute Gasteiger partial charge is 0.248 e. The topological polar surface area (TPSA) is 107 Å². The van der Waals surface area contributed by atoms with Gasteiger partial charge < -0.3 is 21.5 Å². The van der Waals surface area contributed by atoms with E-state index < -0.39 is 5.91 Å². The predicted molar refractivity (Wildman–Crippen MR) is 106 cm³/mol. The molecule has 0 heterocycles. The SMILES string of the molecule is CC(C)c1ccc(C(N)CNC(=O)CCOc2cccc(C(N)=O)c2)cc1. The monoisotopic (exact) mass is 369 g/mol. The van der Waals surface area contributed by atoms with Crippen LogP contribution in [0.5, 0.6) is 5.75 Å². The van der Waals surface area contributed by atoms with E-state index in [9.17, 15) is 9.59 Å². The van der Waals surface area contributed by atoms with Gasteiger partial charge in [-0.3, -0.25) is 9.59 Å². The summed E-state index contributed by atoms with van der Waals surface area (Å²) in [5.41, 5.74) is 14.0. The van der Waals surface area contributed by atoms with Gasteiger partial charge in [-0.05, 0) is 35.2 Å². The molecule has 6 nitrogen and oxygen atoms in total. The third-order valence-corrected chi connectivity index (χ3v) is 4.27. The van der Waals surface area contributed by atoms with Crippen molar-refractivity contribution >= 4 is 11.8 Å². The zero-order chi connectivity index (χ0) is 19.8. The van der Waals surface area contributed by atoms with Crippen LogP contribution in [-0.2, 0) is 4.79 Å². The largest absolute Gasteiger partial charge is 0.493 e. The molecule has 0 saturated carbocycles. The fourth-order valence-corrected chi connectivity index (χ4v) is 2.56. The highest BCUT2D eigenvalue weighted by atomic mass is 16.5. The Morgan fingerprint density at radius 2 is 1.74 bits per heavy atom. The van der Waals surface area contributed by atoms with Crippen molar-refractivity contribution in [3.8, 4) is 5.75 Å². The zero-order valence-electron chi connectivity index (χ0n) is 15.8. The van der Waals surface area contributed by atoms with Crippen LogP contribution < -0.4 is 21.5 Å². The second kappa shape index (κ2) is 9.73. The number of primary amides is 1. The van der Waals surface area contributed by atoms with E-state index in [1.54, 1.807) is 24.3 Å². The second-order valence-electron chi connectivity index (χ2n) is 6.72. The second-order valence-corrected chi connectivity index (χ2v) is 6.72. The summed E-state index contributed by atoms with van der Waals surface area (Å²) >= 11 is 0. The summed E-state index contributed by atoms with van der Waals surface area (Å²) in [6.07, 6.45) is 0.194. The zero-order valence-corrected chi connectivity index (χ0v) is 15.8. The Kier molecular flexibility index (Phi) is 7.37. The molecule has 0 saturated heterocycles. The van der Waals surface area contributed by atoms with Gasteiger partial charge in [-0.1, -0.05) is 44.2 Å². The molecule has 27 heavy (non-hydrogen) atoms. The van der Waals surface area contributed by atoms with Crippen LogP contribution in [0.1, 0.15) is 53.7 Å². The van der Waals surface area contributed by atoms with Gasteiger partial charge in [0.15, 0.2) is 0 Å². The standard InChI is InChI=1S/C21H27N3O3/c1-14(2)15-6-8-16(9-7-15)19(22)13-24-20(25)10-11-27-18-5-3-4-17(12-18)21(23)26/h3-9,12,14,19H,10-11,13,22H2,1-2H3,(H2,23,26)(H,24,25). The summed E-state index contributed by atoms with van der Waals surface area (Å²) in [7, 11) is 0. The molecule has 0 radical (unpaired) electrons. The van der Waals surface area contributed by atoms with Gasteiger partial charge in [0.2, 0.25) is 11.8 Å². The molecule has 0 aliphatic heterocycles. The summed E-state index contributed by atoms with van der Waals surface area (Å²) in [4.78, 5) is 23.1. The number of hydrogen-bond donors (Lipinski definition) is 3. The highest BCUT2D eigenvalue weighted by Crippen LogP contribution is 2.17. The van der Waals surface area contributed by atoms with Crippen molar-refractivity contribution in [2.75, 3.05) is 13.2 Å². The maximum Gasteiger partial charge on any atom is 0.248 e. The van der Waals surface area contributed by atoms with Crippen LogP contribution in [0, 0.1) is 0 Å². The van der Waals surface area contributed by atoms with Crippen LogP contribution >= 0.6 is 0 Å². The lowest BCUT2D eigenvalue weighted by atomic mass is 9.99. The van der Waals surface area contributed by atoms with Crippen LogP contribution in [0.4, 0.5) is 0 Å². The van der Waals surface area contributed by atoms with Gasteiger partial charge in [-0.25, -0.2) is 0 Å². The summed E-state index contributed by atoms with van der Waals surface area (Å²) < 4.78 is 5.49. The Morgan fingerprint density at radius 3 is 2.37 bits per heavy atom. The van der Waals surface area contributed by atoms with Crippen molar-refractivity contribution in [3.63, 3.8) is 0 Å². The number of benzene rings is 2. The number of carbonyl (C=O) groups is 2. The Balaban J connectivity index is 1.74. The van der Waals surface area contributed by atoms with E-state index in [1.807, 2.05) is 12.1 Å². The van der Waals surface area contributed by atoms with Gasteiger partial charge in [-0.2, -0.15) is 0 Å². The fourth-order valence-electron chi connectivity index (χ4n) is 2.56. The number of hydrogen-bond acceptors (Lipinski definition) is 4. The van der Waals surface area contributed by atoms with E-state index in [2.05, 4.69) is 31.3 Å². The van der Waals surface area contributed by atoms with Gasteiger partial charge in [0.05, 0.1) is 13.0 Å². The Morgan fingerprint density at radius 1 is 1.07 bits per heavy atom. The lowest BCUT2D eigenvalue weighted by molar-refractivity contribution is -0.121. The first-order chi connectivity index (χ1) is 12.9. The third-order valence-electron chi connectivity index (χ3n) is 4.27. The molecule has 5 N–H and O–H groups in total. The Hall–Kier alpha value is -2.86. The van der Waals surface area contributed by atoms with Crippen LogP contribution in [-0.4, -0.2) is 25.0 Å². The first-order valence-electron chi connectivity index (χ1n) is 9.01. The van der Waals surface area contributed by atoms with Crippen molar-refractivity contribution < 1.29 is 14.3 Å². The summed E-state index contributed by atoms with van der Waals surface area (Å²) in [5, 5.41) is 2.82. The first-order valence-corrected chi connectivity index (χ1v) is 9.01. The van der Waals surface area contributed by atoms with E-state index >= 15 is 0 Å². The number of nitrogens with one attached hydrogen (secondary N) is 1. The van der Waals surface area contributed by atoms with Crippen LogP contribution in [0.2, 0.25) is 0 Å². The molecule has 2 aromatic rings. The van der Waals surface area contributed by atoms with Crippen LogP contribution in [0.15, 0.2) is 48.5 Å².